The molecule has 0 bridgehead atoms. The van der Waals surface area contributed by atoms with Crippen LogP contribution in [-0.4, -0.2) is 16.1 Å². The molecule has 0 amide bonds. The van der Waals surface area contributed by atoms with Gasteiger partial charge in [-0.05, 0) is 0 Å². The van der Waals surface area contributed by atoms with Crippen LogP contribution in [0.4, 0.5) is 0 Å². The Morgan fingerprint density at radius 3 is 2.67 bits per heavy atom. The van der Waals surface area contributed by atoms with E-state index in [1.807, 2.05) is 0 Å². The number of carboxylic acid groups (broad SMARTS) is 1. The van der Waals surface area contributed by atoms with E-state index in [9.17, 15) is 9.90 Å². The van der Waals surface area contributed by atoms with Crippen LogP contribution in [0.25, 0.3) is 0 Å². The fourth-order valence-electron chi connectivity index (χ4n) is 0.261. The largest absolute Gasteiger partial charge is 1.00 e. The van der Waals surface area contributed by atoms with Crippen molar-refractivity contribution in [2.75, 3.05) is 0 Å². The van der Waals surface area contributed by atoms with E-state index < -0.39 is 11.8 Å². The zero-order valence-corrected chi connectivity index (χ0v) is 7.82. The molecule has 0 saturated carbocycles. The van der Waals surface area contributed by atoms with Crippen LogP contribution >= 0.6 is 0 Å². The van der Waals surface area contributed by atoms with Gasteiger partial charge in [-0.25, -0.2) is 0 Å². The molecule has 1 heterocycles. The van der Waals surface area contributed by atoms with Crippen LogP contribution in [0, 0.1) is 0 Å². The first-order valence-corrected chi connectivity index (χ1v) is 1.78. The molecular formula is C3HKN2O3. The fraction of sp³-hybridized carbons (Fsp3) is 0. The average molecular weight is 152 g/mol. The molecule has 0 aliphatic rings. The predicted octanol–water partition coefficient (Wildman–Crippen LogP) is -4.56. The van der Waals surface area contributed by atoms with Gasteiger partial charge in [-0.15, -0.1) is 0 Å². The van der Waals surface area contributed by atoms with Gasteiger partial charge in [-0.2, -0.15) is 4.98 Å². The second-order valence-electron chi connectivity index (χ2n) is 1.04. The molecule has 0 aromatic carbocycles. The van der Waals surface area contributed by atoms with Crippen LogP contribution in [0.1, 0.15) is 10.6 Å². The minimum atomic E-state index is -1.43. The first-order chi connectivity index (χ1) is 3.80. The van der Waals surface area contributed by atoms with Crippen LogP contribution in [0.2, 0.25) is 0 Å². The summed E-state index contributed by atoms with van der Waals surface area (Å²) in [5.74, 6) is -1.86. The van der Waals surface area contributed by atoms with Crippen molar-refractivity contribution >= 4 is 5.97 Å². The number of carboxylic acids is 1. The standard InChI is InChI=1S/C3H2N2O3.K/c6-3(7)2-4-1-8-5-2;/h1H,(H,6,7);/q;+1/p-1. The quantitative estimate of drug-likeness (QED) is 0.378. The summed E-state index contributed by atoms with van der Waals surface area (Å²) in [6, 6.07) is 0. The van der Waals surface area contributed by atoms with Gasteiger partial charge in [-0.3, -0.25) is 0 Å². The van der Waals surface area contributed by atoms with Gasteiger partial charge in [0.2, 0.25) is 12.2 Å². The number of nitrogens with zero attached hydrogens (tertiary/aromatic N) is 2. The monoisotopic (exact) mass is 152 g/mol. The van der Waals surface area contributed by atoms with Gasteiger partial charge in [-0.1, -0.05) is 5.16 Å². The predicted molar refractivity (Wildman–Crippen MR) is 18.6 cm³/mol. The first kappa shape index (κ1) is 9.25. The van der Waals surface area contributed by atoms with Gasteiger partial charge in [0, 0.05) is 0 Å². The molecule has 42 valence electrons. The molecule has 1 aromatic heterocycles. The Kier molecular flexibility index (Phi) is 4.24. The molecule has 0 spiro atoms. The van der Waals surface area contributed by atoms with Crippen molar-refractivity contribution in [3.05, 3.63) is 12.2 Å². The van der Waals surface area contributed by atoms with E-state index in [1.54, 1.807) is 0 Å². The van der Waals surface area contributed by atoms with Crippen LogP contribution in [-0.2, 0) is 0 Å². The van der Waals surface area contributed by atoms with Gasteiger partial charge >= 0.3 is 51.4 Å². The van der Waals surface area contributed by atoms with Gasteiger partial charge in [0.1, 0.15) is 5.97 Å². The van der Waals surface area contributed by atoms with Gasteiger partial charge in [0.05, 0.1) is 0 Å². The molecule has 0 aliphatic heterocycles. The second kappa shape index (κ2) is 4.12. The summed E-state index contributed by atoms with van der Waals surface area (Å²) >= 11 is 0. The van der Waals surface area contributed by atoms with Crippen molar-refractivity contribution in [2.45, 2.75) is 0 Å². The molecule has 0 saturated heterocycles. The van der Waals surface area contributed by atoms with Crippen LogP contribution < -0.4 is 56.5 Å². The Morgan fingerprint density at radius 2 is 2.44 bits per heavy atom. The van der Waals surface area contributed by atoms with E-state index >= 15 is 0 Å². The van der Waals surface area contributed by atoms with Gasteiger partial charge in [0.15, 0.2) is 0 Å². The number of hydrogen-bond acceptors (Lipinski definition) is 5. The molecule has 0 aliphatic carbocycles. The summed E-state index contributed by atoms with van der Waals surface area (Å²) in [6.07, 6.45) is 0.922. The molecule has 5 nitrogen and oxygen atoms in total. The van der Waals surface area contributed by atoms with Gasteiger partial charge in [0.25, 0.3) is 0 Å². The van der Waals surface area contributed by atoms with Crippen LogP contribution in [0.15, 0.2) is 10.9 Å². The zero-order chi connectivity index (χ0) is 5.98. The number of rotatable bonds is 1. The number of aromatic nitrogens is 2. The zero-order valence-electron chi connectivity index (χ0n) is 4.70. The SMILES string of the molecule is O=C([O-])c1ncon1.[K+]. The maximum Gasteiger partial charge on any atom is 1.00 e. The van der Waals surface area contributed by atoms with Crippen molar-refractivity contribution in [1.82, 2.24) is 10.1 Å². The summed E-state index contributed by atoms with van der Waals surface area (Å²) in [6.45, 7) is 0. The number of hydrogen-bond donors (Lipinski definition) is 0. The van der Waals surface area contributed by atoms with E-state index in [0.717, 1.165) is 6.39 Å². The topological polar surface area (TPSA) is 79.0 Å². The van der Waals surface area contributed by atoms with Crippen molar-refractivity contribution in [3.63, 3.8) is 0 Å². The Bertz CT molecular complexity index is 185. The summed E-state index contributed by atoms with van der Waals surface area (Å²) in [4.78, 5) is 12.9. The number of aromatic carboxylic acids is 1. The molecule has 0 unspecified atom stereocenters. The summed E-state index contributed by atoms with van der Waals surface area (Å²) in [7, 11) is 0. The third kappa shape index (κ3) is 2.54. The average Bonchev–Trinajstić information content (AvgIpc) is 2.12. The summed E-state index contributed by atoms with van der Waals surface area (Å²) < 4.78 is 4.09. The van der Waals surface area contributed by atoms with Gasteiger partial charge < -0.3 is 14.4 Å². The van der Waals surface area contributed by atoms with Crippen molar-refractivity contribution in [2.24, 2.45) is 0 Å². The van der Waals surface area contributed by atoms with Crippen LogP contribution in [0.3, 0.4) is 0 Å². The van der Waals surface area contributed by atoms with Crippen molar-refractivity contribution in [3.8, 4) is 0 Å². The fourth-order valence-corrected chi connectivity index (χ4v) is 0.261. The Hall–Kier alpha value is 0.246. The second-order valence-corrected chi connectivity index (χ2v) is 1.04. The van der Waals surface area contributed by atoms with E-state index in [-0.39, 0.29) is 51.4 Å². The van der Waals surface area contributed by atoms with Crippen LogP contribution in [0.5, 0.6) is 0 Å². The Balaban J connectivity index is 0.000000640. The molecule has 0 N–H and O–H groups in total. The Labute approximate surface area is 92.9 Å². The maximum atomic E-state index is 9.77. The minimum Gasteiger partial charge on any atom is -0.541 e. The molecule has 1 rings (SSSR count). The molecule has 0 radical (unpaired) electrons. The molecule has 1 aromatic rings. The van der Waals surface area contributed by atoms with Crippen molar-refractivity contribution in [1.29, 1.82) is 0 Å². The van der Waals surface area contributed by atoms with Crippen molar-refractivity contribution < 1.29 is 65.8 Å². The molecule has 0 fully saturated rings. The molecular weight excluding hydrogens is 151 g/mol. The van der Waals surface area contributed by atoms with E-state index in [1.165, 1.54) is 0 Å². The first-order valence-electron chi connectivity index (χ1n) is 1.78. The maximum absolute atomic E-state index is 9.77. The summed E-state index contributed by atoms with van der Waals surface area (Å²) in [5.41, 5.74) is 0. The molecule has 0 atom stereocenters. The summed E-state index contributed by atoms with van der Waals surface area (Å²) in [5, 5.41) is 12.7. The normalized spacial score (nSPS) is 8.00. The molecule has 9 heavy (non-hydrogen) atoms. The number of carbonyl (C=O) groups excluding carboxylic acids is 1. The third-order valence-corrected chi connectivity index (χ3v) is 0.544. The Morgan fingerprint density at radius 1 is 1.78 bits per heavy atom. The van der Waals surface area contributed by atoms with E-state index in [0.29, 0.717) is 0 Å². The smallest absolute Gasteiger partial charge is 0.541 e. The minimum absolute atomic E-state index is 0. The number of carbonyl (C=O) groups is 1. The third-order valence-electron chi connectivity index (χ3n) is 0.544. The molecule has 6 heteroatoms. The van der Waals surface area contributed by atoms with E-state index in [4.69, 9.17) is 0 Å². The van der Waals surface area contributed by atoms with E-state index in [2.05, 4.69) is 14.7 Å².